The Balaban J connectivity index is 0.000000204. The number of rotatable bonds is 14. The summed E-state index contributed by atoms with van der Waals surface area (Å²) in [4.78, 5) is 25.6. The number of hydrogen-bond donors (Lipinski definition) is 2. The number of anilines is 2. The Labute approximate surface area is 311 Å². The zero-order chi connectivity index (χ0) is 37.9. The lowest BCUT2D eigenvalue weighted by atomic mass is 10.1. The van der Waals surface area contributed by atoms with Gasteiger partial charge >= 0.3 is 0 Å². The number of carbonyl (C=O) groups excluding carboxylic acids is 2. The van der Waals surface area contributed by atoms with Gasteiger partial charge in [0.1, 0.15) is 34.8 Å². The first kappa shape index (κ1) is 38.4. The second kappa shape index (κ2) is 18.1. The van der Waals surface area contributed by atoms with Gasteiger partial charge in [-0.05, 0) is 79.1 Å². The van der Waals surface area contributed by atoms with E-state index in [0.717, 1.165) is 5.75 Å². The minimum Gasteiger partial charge on any atom is -0.493 e. The van der Waals surface area contributed by atoms with E-state index < -0.39 is 10.8 Å². The third-order valence-electron chi connectivity index (χ3n) is 7.63. The van der Waals surface area contributed by atoms with E-state index in [1.54, 1.807) is 72.6 Å². The van der Waals surface area contributed by atoms with Crippen molar-refractivity contribution in [3.05, 3.63) is 143 Å². The second-order valence-electron chi connectivity index (χ2n) is 11.3. The first-order chi connectivity index (χ1) is 25.5. The summed E-state index contributed by atoms with van der Waals surface area (Å²) in [6, 6.07) is 25.0. The van der Waals surface area contributed by atoms with Gasteiger partial charge in [-0.15, -0.1) is 0 Å². The van der Waals surface area contributed by atoms with Gasteiger partial charge in [-0.3, -0.25) is 13.8 Å². The van der Waals surface area contributed by atoms with Crippen molar-refractivity contribution in [2.45, 2.75) is 0 Å². The molecule has 0 amide bonds. The van der Waals surface area contributed by atoms with Crippen molar-refractivity contribution >= 4 is 45.8 Å². The molecule has 0 bridgehead atoms. The van der Waals surface area contributed by atoms with Gasteiger partial charge in [0.15, 0.2) is 11.6 Å². The molecular formula is C38H36F2N6O5S2. The molecule has 1 unspecified atom stereocenters. The molecule has 274 valence electrons. The normalized spacial score (nSPS) is 11.3. The molecule has 4 N–H and O–H groups in total. The minimum atomic E-state index is -0.946. The third-order valence-corrected chi connectivity index (χ3v) is 8.95. The number of nitrogens with zero attached hydrogens (tertiary/aromatic N) is 4. The monoisotopic (exact) mass is 758 g/mol. The zero-order valence-electron chi connectivity index (χ0n) is 28.8. The number of aromatic nitrogens is 4. The molecule has 0 radical (unpaired) electrons. The average molecular weight is 759 g/mol. The van der Waals surface area contributed by atoms with E-state index >= 15 is 0 Å². The molecule has 1 atom stereocenters. The fraction of sp³-hybridized carbons (Fsp3) is 0.158. The largest absolute Gasteiger partial charge is 0.493 e. The number of nitrogens with two attached hydrogens (primary N) is 2. The van der Waals surface area contributed by atoms with Crippen molar-refractivity contribution in [1.82, 2.24) is 19.6 Å². The number of nitrogen functional groups attached to an aromatic ring is 2. The summed E-state index contributed by atoms with van der Waals surface area (Å²) in [5.41, 5.74) is 14.7. The summed E-state index contributed by atoms with van der Waals surface area (Å²) < 4.78 is 51.2. The van der Waals surface area contributed by atoms with Crippen molar-refractivity contribution in [3.63, 3.8) is 0 Å². The lowest BCUT2D eigenvalue weighted by Gasteiger charge is -2.07. The zero-order valence-corrected chi connectivity index (χ0v) is 30.4. The molecule has 6 aromatic rings. The molecule has 2 heterocycles. The third kappa shape index (κ3) is 9.96. The number of benzene rings is 4. The summed E-state index contributed by atoms with van der Waals surface area (Å²) in [6.45, 7) is 0.870. The highest BCUT2D eigenvalue weighted by molar-refractivity contribution is 7.98. The van der Waals surface area contributed by atoms with Gasteiger partial charge in [0.05, 0.1) is 53.9 Å². The molecule has 11 nitrogen and oxygen atoms in total. The van der Waals surface area contributed by atoms with Crippen LogP contribution in [-0.2, 0) is 10.8 Å². The van der Waals surface area contributed by atoms with E-state index in [2.05, 4.69) is 10.2 Å². The summed E-state index contributed by atoms with van der Waals surface area (Å²) in [5, 5.41) is 8.30. The number of thioether (sulfide) groups is 1. The number of halogens is 2. The van der Waals surface area contributed by atoms with Crippen molar-refractivity contribution in [2.75, 3.05) is 48.7 Å². The number of hydrogen-bond acceptors (Lipinski definition) is 10. The van der Waals surface area contributed by atoms with E-state index in [9.17, 15) is 22.6 Å². The van der Waals surface area contributed by atoms with Crippen molar-refractivity contribution in [1.29, 1.82) is 0 Å². The summed E-state index contributed by atoms with van der Waals surface area (Å²) in [6.07, 6.45) is 6.41. The molecule has 15 heteroatoms. The highest BCUT2D eigenvalue weighted by Crippen LogP contribution is 2.24. The van der Waals surface area contributed by atoms with Gasteiger partial charge in [-0.2, -0.15) is 22.0 Å². The van der Waals surface area contributed by atoms with Gasteiger partial charge in [-0.25, -0.2) is 18.1 Å². The van der Waals surface area contributed by atoms with Crippen LogP contribution in [0.4, 0.5) is 20.4 Å². The molecule has 0 spiro atoms. The van der Waals surface area contributed by atoms with Gasteiger partial charge < -0.3 is 20.9 Å². The van der Waals surface area contributed by atoms with E-state index in [1.165, 1.54) is 58.2 Å². The lowest BCUT2D eigenvalue weighted by molar-refractivity contribution is 0.103. The fourth-order valence-corrected chi connectivity index (χ4v) is 5.49. The molecule has 2 aromatic heterocycles. The minimum absolute atomic E-state index is 0.166. The maximum atomic E-state index is 13.1. The Hall–Kier alpha value is -5.80. The summed E-state index contributed by atoms with van der Waals surface area (Å²) in [7, 11) is -0.946. The number of ether oxygens (including phenoxy) is 2. The van der Waals surface area contributed by atoms with E-state index in [-0.39, 0.29) is 46.0 Å². The molecular weight excluding hydrogens is 723 g/mol. The lowest BCUT2D eigenvalue weighted by Crippen LogP contribution is -2.09. The Morgan fingerprint density at radius 2 is 1.15 bits per heavy atom. The van der Waals surface area contributed by atoms with Gasteiger partial charge in [0.2, 0.25) is 0 Å². The van der Waals surface area contributed by atoms with Crippen LogP contribution in [0.25, 0.3) is 11.4 Å². The van der Waals surface area contributed by atoms with E-state index in [1.807, 2.05) is 12.3 Å². The summed E-state index contributed by atoms with van der Waals surface area (Å²) in [5.74, 6) is 1.53. The van der Waals surface area contributed by atoms with Crippen LogP contribution in [0.3, 0.4) is 0 Å². The van der Waals surface area contributed by atoms with Crippen LogP contribution in [0, 0.1) is 11.6 Å². The molecule has 4 aromatic carbocycles. The Morgan fingerprint density at radius 3 is 1.57 bits per heavy atom. The topological polar surface area (TPSA) is 157 Å². The van der Waals surface area contributed by atoms with Crippen LogP contribution in [0.5, 0.6) is 11.5 Å². The van der Waals surface area contributed by atoms with Crippen LogP contribution in [0.2, 0.25) is 0 Å². The SMILES string of the molecule is CS(=O)CCOc1cccc(C(=O)c2cnn(-c3ccc(F)cc3)c2N)c1.CSCCOc1cccc(C(=O)c2cnn(-c3ccc(F)cc3)c2N)c1. The highest BCUT2D eigenvalue weighted by atomic mass is 32.2. The van der Waals surface area contributed by atoms with Crippen molar-refractivity contribution in [3.8, 4) is 22.9 Å². The van der Waals surface area contributed by atoms with Crippen LogP contribution in [-0.4, -0.2) is 72.6 Å². The highest BCUT2D eigenvalue weighted by Gasteiger charge is 2.20. The number of carbonyl (C=O) groups is 2. The fourth-order valence-electron chi connectivity index (χ4n) is 4.93. The molecule has 53 heavy (non-hydrogen) atoms. The second-order valence-corrected chi connectivity index (χ2v) is 13.9. The first-order valence-electron chi connectivity index (χ1n) is 16.1. The molecule has 0 saturated carbocycles. The molecule has 0 aliphatic carbocycles. The smallest absolute Gasteiger partial charge is 0.198 e. The molecule has 0 saturated heterocycles. The van der Waals surface area contributed by atoms with Gasteiger partial charge in [-0.1, -0.05) is 24.3 Å². The van der Waals surface area contributed by atoms with Crippen molar-refractivity contribution in [2.24, 2.45) is 0 Å². The summed E-state index contributed by atoms with van der Waals surface area (Å²) >= 11 is 1.69. The first-order valence-corrected chi connectivity index (χ1v) is 19.2. The Kier molecular flexibility index (Phi) is 13.1. The van der Waals surface area contributed by atoms with Gasteiger partial charge in [0.25, 0.3) is 0 Å². The van der Waals surface area contributed by atoms with Crippen LogP contribution in [0.1, 0.15) is 31.8 Å². The Morgan fingerprint density at radius 1 is 0.717 bits per heavy atom. The quantitative estimate of drug-likeness (QED) is 0.0976. The molecule has 0 fully saturated rings. The average Bonchev–Trinajstić information content (AvgIpc) is 3.74. The van der Waals surface area contributed by atoms with E-state index in [4.69, 9.17) is 20.9 Å². The van der Waals surface area contributed by atoms with Crippen LogP contribution >= 0.6 is 11.8 Å². The molecule has 0 aliphatic heterocycles. The standard InChI is InChI=1S/C19H18FN3O3S.C19H18FN3O2S/c1-27(25)10-9-26-16-4-2-3-13(11-16)18(24)17-12-22-23(19(17)21)15-7-5-14(20)6-8-15;1-26-10-9-25-16-4-2-3-13(11-16)18(24)17-12-22-23(19(17)21)15-7-5-14(20)6-8-15/h2-8,11-12H,9-10,21H2,1H3;2-8,11-12H,9-10,21H2,1H3. The maximum absolute atomic E-state index is 13.1. The molecule has 6 rings (SSSR count). The maximum Gasteiger partial charge on any atom is 0.198 e. The van der Waals surface area contributed by atoms with Crippen LogP contribution < -0.4 is 20.9 Å². The van der Waals surface area contributed by atoms with Crippen LogP contribution in [0.15, 0.2) is 109 Å². The van der Waals surface area contributed by atoms with Crippen molar-refractivity contribution < 1.29 is 32.1 Å². The predicted molar refractivity (Wildman–Crippen MR) is 204 cm³/mol. The van der Waals surface area contributed by atoms with E-state index in [0.29, 0.717) is 53.0 Å². The van der Waals surface area contributed by atoms with Gasteiger partial charge in [0, 0.05) is 33.9 Å². The predicted octanol–water partition coefficient (Wildman–Crippen LogP) is 6.15. The Bertz CT molecular complexity index is 2210. The molecule has 0 aliphatic rings. The number of ketones is 2.